The third-order valence-electron chi connectivity index (χ3n) is 3.60. The van der Waals surface area contributed by atoms with Gasteiger partial charge in [-0.3, -0.25) is 4.79 Å². The fraction of sp³-hybridized carbons (Fsp3) is 0.923. The van der Waals surface area contributed by atoms with Crippen LogP contribution in [0.15, 0.2) is 0 Å². The molecule has 0 aromatic carbocycles. The average molecular weight is 213 g/mol. The molecule has 0 aliphatic rings. The number of carbonyl (C=O) groups is 1. The molecule has 15 heavy (non-hydrogen) atoms. The summed E-state index contributed by atoms with van der Waals surface area (Å²) in [6.45, 7) is 10.9. The fourth-order valence-electron chi connectivity index (χ4n) is 2.00. The van der Waals surface area contributed by atoms with E-state index in [1.54, 1.807) is 0 Å². The van der Waals surface area contributed by atoms with Crippen LogP contribution in [-0.2, 0) is 4.79 Å². The van der Waals surface area contributed by atoms with E-state index in [1.807, 2.05) is 0 Å². The summed E-state index contributed by atoms with van der Waals surface area (Å²) in [5, 5.41) is 0. The van der Waals surface area contributed by atoms with Crippen molar-refractivity contribution in [2.75, 3.05) is 0 Å². The van der Waals surface area contributed by atoms with E-state index < -0.39 is 0 Å². The molecule has 2 heteroatoms. The van der Waals surface area contributed by atoms with Gasteiger partial charge in [0.05, 0.1) is 0 Å². The Morgan fingerprint density at radius 2 is 1.73 bits per heavy atom. The SMILES string of the molecule is CCC(C)(CC)CC(CC(C)C)C(N)=O. The van der Waals surface area contributed by atoms with Crippen molar-refractivity contribution in [1.82, 2.24) is 0 Å². The van der Waals surface area contributed by atoms with E-state index in [9.17, 15) is 4.79 Å². The Bertz CT molecular complexity index is 195. The number of carbonyl (C=O) groups excluding carboxylic acids is 1. The first-order valence-corrected chi connectivity index (χ1v) is 6.14. The quantitative estimate of drug-likeness (QED) is 0.692. The van der Waals surface area contributed by atoms with Crippen molar-refractivity contribution in [1.29, 1.82) is 0 Å². The average Bonchev–Trinajstić information content (AvgIpc) is 2.16. The molecule has 0 heterocycles. The molecule has 0 spiro atoms. The number of primary amides is 1. The first kappa shape index (κ1) is 14.5. The summed E-state index contributed by atoms with van der Waals surface area (Å²) in [5.41, 5.74) is 5.74. The maximum atomic E-state index is 11.4. The summed E-state index contributed by atoms with van der Waals surface area (Å²) >= 11 is 0. The van der Waals surface area contributed by atoms with Gasteiger partial charge in [0.1, 0.15) is 0 Å². The van der Waals surface area contributed by atoms with Gasteiger partial charge in [-0.25, -0.2) is 0 Å². The largest absolute Gasteiger partial charge is 0.369 e. The lowest BCUT2D eigenvalue weighted by Crippen LogP contribution is -2.30. The molecule has 1 amide bonds. The Kier molecular flexibility index (Phi) is 5.92. The van der Waals surface area contributed by atoms with Crippen LogP contribution in [0, 0.1) is 17.3 Å². The van der Waals surface area contributed by atoms with E-state index in [2.05, 4.69) is 34.6 Å². The highest BCUT2D eigenvalue weighted by molar-refractivity contribution is 5.76. The number of rotatable bonds is 7. The van der Waals surface area contributed by atoms with Gasteiger partial charge in [-0.2, -0.15) is 0 Å². The van der Waals surface area contributed by atoms with Crippen LogP contribution in [0.1, 0.15) is 60.3 Å². The van der Waals surface area contributed by atoms with E-state index in [0.29, 0.717) is 5.92 Å². The zero-order valence-corrected chi connectivity index (χ0v) is 11.0. The summed E-state index contributed by atoms with van der Waals surface area (Å²) in [7, 11) is 0. The first-order valence-electron chi connectivity index (χ1n) is 6.14. The van der Waals surface area contributed by atoms with Crippen LogP contribution in [-0.4, -0.2) is 5.91 Å². The molecule has 1 unspecified atom stereocenters. The smallest absolute Gasteiger partial charge is 0.220 e. The monoisotopic (exact) mass is 213 g/mol. The Balaban J connectivity index is 4.45. The van der Waals surface area contributed by atoms with E-state index >= 15 is 0 Å². The standard InChI is InChI=1S/C13H27NO/c1-6-13(5,7-2)9-11(12(14)15)8-10(3)4/h10-11H,6-9H2,1-5H3,(H2,14,15). The Hall–Kier alpha value is -0.530. The van der Waals surface area contributed by atoms with Crippen molar-refractivity contribution in [2.24, 2.45) is 23.0 Å². The van der Waals surface area contributed by atoms with E-state index in [0.717, 1.165) is 25.7 Å². The second-order valence-corrected chi connectivity index (χ2v) is 5.45. The summed E-state index contributed by atoms with van der Waals surface area (Å²) in [4.78, 5) is 11.4. The summed E-state index contributed by atoms with van der Waals surface area (Å²) in [6.07, 6.45) is 4.09. The summed E-state index contributed by atoms with van der Waals surface area (Å²) in [6, 6.07) is 0. The van der Waals surface area contributed by atoms with Crippen molar-refractivity contribution < 1.29 is 4.79 Å². The van der Waals surface area contributed by atoms with Crippen LogP contribution in [0.25, 0.3) is 0 Å². The topological polar surface area (TPSA) is 43.1 Å². The molecular formula is C13H27NO. The molecule has 2 nitrogen and oxygen atoms in total. The maximum absolute atomic E-state index is 11.4. The zero-order chi connectivity index (χ0) is 12.1. The van der Waals surface area contributed by atoms with Crippen LogP contribution in [0.2, 0.25) is 0 Å². The van der Waals surface area contributed by atoms with E-state index in [4.69, 9.17) is 5.73 Å². The van der Waals surface area contributed by atoms with E-state index in [-0.39, 0.29) is 17.2 Å². The first-order chi connectivity index (χ1) is 6.84. The second-order valence-electron chi connectivity index (χ2n) is 5.45. The minimum atomic E-state index is -0.128. The molecular weight excluding hydrogens is 186 g/mol. The fourth-order valence-corrected chi connectivity index (χ4v) is 2.00. The molecule has 1 atom stereocenters. The highest BCUT2D eigenvalue weighted by atomic mass is 16.1. The van der Waals surface area contributed by atoms with Crippen LogP contribution in [0.3, 0.4) is 0 Å². The lowest BCUT2D eigenvalue weighted by molar-refractivity contribution is -0.123. The Morgan fingerprint density at radius 1 is 1.27 bits per heavy atom. The zero-order valence-electron chi connectivity index (χ0n) is 11.0. The van der Waals surface area contributed by atoms with Gasteiger partial charge >= 0.3 is 0 Å². The molecule has 0 aromatic rings. The lowest BCUT2D eigenvalue weighted by Gasteiger charge is -2.30. The number of hydrogen-bond acceptors (Lipinski definition) is 1. The van der Waals surface area contributed by atoms with Crippen LogP contribution < -0.4 is 5.73 Å². The van der Waals surface area contributed by atoms with Crippen molar-refractivity contribution in [2.45, 2.75) is 60.3 Å². The minimum Gasteiger partial charge on any atom is -0.369 e. The van der Waals surface area contributed by atoms with Gasteiger partial charge in [-0.05, 0) is 24.2 Å². The molecule has 0 saturated carbocycles. The Morgan fingerprint density at radius 3 is 2.00 bits per heavy atom. The third-order valence-corrected chi connectivity index (χ3v) is 3.60. The minimum absolute atomic E-state index is 0.0508. The maximum Gasteiger partial charge on any atom is 0.220 e. The summed E-state index contributed by atoms with van der Waals surface area (Å²) < 4.78 is 0. The molecule has 0 fully saturated rings. The van der Waals surface area contributed by atoms with Gasteiger partial charge in [0, 0.05) is 5.92 Å². The van der Waals surface area contributed by atoms with Crippen LogP contribution in [0.4, 0.5) is 0 Å². The van der Waals surface area contributed by atoms with Gasteiger partial charge in [0.25, 0.3) is 0 Å². The summed E-state index contributed by atoms with van der Waals surface area (Å²) in [5.74, 6) is 0.465. The molecule has 0 aliphatic heterocycles. The highest BCUT2D eigenvalue weighted by Crippen LogP contribution is 2.35. The third kappa shape index (κ3) is 5.19. The molecule has 0 bridgehead atoms. The normalized spacial score (nSPS) is 14.3. The second kappa shape index (κ2) is 6.14. The number of hydrogen-bond donors (Lipinski definition) is 1. The van der Waals surface area contributed by atoms with Gasteiger partial charge < -0.3 is 5.73 Å². The molecule has 0 aliphatic carbocycles. The molecule has 0 rings (SSSR count). The van der Waals surface area contributed by atoms with Gasteiger partial charge in [0.2, 0.25) is 5.91 Å². The van der Waals surface area contributed by atoms with Gasteiger partial charge in [-0.15, -0.1) is 0 Å². The van der Waals surface area contributed by atoms with Gasteiger partial charge in [-0.1, -0.05) is 47.5 Å². The molecule has 0 aromatic heterocycles. The highest BCUT2D eigenvalue weighted by Gasteiger charge is 2.28. The van der Waals surface area contributed by atoms with Crippen molar-refractivity contribution in [3.05, 3.63) is 0 Å². The van der Waals surface area contributed by atoms with Crippen LogP contribution >= 0.6 is 0 Å². The van der Waals surface area contributed by atoms with Gasteiger partial charge in [0.15, 0.2) is 0 Å². The van der Waals surface area contributed by atoms with Crippen molar-refractivity contribution in [3.63, 3.8) is 0 Å². The number of nitrogens with two attached hydrogens (primary N) is 1. The molecule has 2 N–H and O–H groups in total. The van der Waals surface area contributed by atoms with Crippen molar-refractivity contribution in [3.8, 4) is 0 Å². The van der Waals surface area contributed by atoms with Crippen LogP contribution in [0.5, 0.6) is 0 Å². The van der Waals surface area contributed by atoms with E-state index in [1.165, 1.54) is 0 Å². The molecule has 90 valence electrons. The molecule has 0 radical (unpaired) electrons. The number of amides is 1. The lowest BCUT2D eigenvalue weighted by atomic mass is 9.74. The molecule has 0 saturated heterocycles. The van der Waals surface area contributed by atoms with Crippen molar-refractivity contribution >= 4 is 5.91 Å². The predicted octanol–water partition coefficient (Wildman–Crippen LogP) is 3.35. The predicted molar refractivity (Wildman–Crippen MR) is 65.4 cm³/mol. The Labute approximate surface area is 94.6 Å².